The van der Waals surface area contributed by atoms with E-state index in [9.17, 15) is 0 Å². The Hall–Kier alpha value is 0. The fourth-order valence-electron chi connectivity index (χ4n) is 0. The van der Waals surface area contributed by atoms with Crippen LogP contribution in [0.1, 0.15) is 231 Å². The molecule has 12 rings (SSSR count). The summed E-state index contributed by atoms with van der Waals surface area (Å²) in [6, 6.07) is 0. The van der Waals surface area contributed by atoms with Gasteiger partial charge in [0.2, 0.25) is 0 Å². The molecule has 0 saturated heterocycles. The summed E-state index contributed by atoms with van der Waals surface area (Å²) in [4.78, 5) is 0. The fraction of sp³-hybridized carbons (Fsp3) is 1.00. The van der Waals surface area contributed by atoms with Crippen molar-refractivity contribution in [3.63, 3.8) is 0 Å². The third-order valence-corrected chi connectivity index (χ3v) is 4.24. The Morgan fingerprint density at radius 2 is 0.0833 bits per heavy atom. The second-order valence-corrected chi connectivity index (χ2v) is 12.7. The van der Waals surface area contributed by atoms with Crippen molar-refractivity contribution in [2.75, 3.05) is 0 Å². The van der Waals surface area contributed by atoms with Crippen molar-refractivity contribution in [1.29, 1.82) is 0 Å². The molecule has 12 saturated carbocycles. The van der Waals surface area contributed by atoms with Crippen LogP contribution in [0.2, 0.25) is 0 Å². The van der Waals surface area contributed by atoms with Gasteiger partial charge in [-0.3, -0.25) is 0 Å². The predicted octanol–water partition coefficient (Wildman–Crippen LogP) is 14.0. The monoisotopic (exact) mass is 505 g/mol. The minimum Gasteiger partial charge on any atom is -0.0533 e. The zero-order valence-electron chi connectivity index (χ0n) is 25.5. The average Bonchev–Trinajstić information content (AvgIpc) is 3.89. The zero-order valence-corrected chi connectivity index (χ0v) is 25.5. The van der Waals surface area contributed by atoms with Gasteiger partial charge in [0.05, 0.1) is 0 Å². The van der Waals surface area contributed by atoms with Crippen LogP contribution in [0.4, 0.5) is 0 Å². The lowest BCUT2D eigenvalue weighted by Crippen LogP contribution is -0.856. The second-order valence-electron chi connectivity index (χ2n) is 12.7. The van der Waals surface area contributed by atoms with Crippen LogP contribution in [0.5, 0.6) is 0 Å². The third kappa shape index (κ3) is 257. The van der Waals surface area contributed by atoms with Crippen molar-refractivity contribution >= 4 is 0 Å². The molecule has 0 spiro atoms. The minimum atomic E-state index is 1.50. The molecule has 0 atom stereocenters. The Balaban J connectivity index is 0.000000196. The molecule has 0 aromatic rings. The summed E-state index contributed by atoms with van der Waals surface area (Å²) in [7, 11) is 0. The van der Waals surface area contributed by atoms with Crippen LogP contribution in [-0.4, -0.2) is 0 Å². The van der Waals surface area contributed by atoms with Crippen molar-refractivity contribution in [3.05, 3.63) is 0 Å². The van der Waals surface area contributed by atoms with Crippen molar-refractivity contribution in [2.45, 2.75) is 231 Å². The highest BCUT2D eigenvalue weighted by molar-refractivity contribution is 4.54. The van der Waals surface area contributed by atoms with Gasteiger partial charge in [0, 0.05) is 0 Å². The van der Waals surface area contributed by atoms with E-state index >= 15 is 0 Å². The molecule has 0 N–H and O–H groups in total. The lowest BCUT2D eigenvalue weighted by Gasteiger charge is -1.05. The molecule has 0 bridgehead atoms. The van der Waals surface area contributed by atoms with Gasteiger partial charge in [-0.05, 0) is 0 Å². The van der Waals surface area contributed by atoms with Gasteiger partial charge in [0.1, 0.15) is 0 Å². The lowest BCUT2D eigenvalue weighted by molar-refractivity contribution is 1.50. The molecule has 0 aliphatic heterocycles. The zero-order chi connectivity index (χ0) is 25.5. The highest BCUT2D eigenvalue weighted by atomic mass is 14.0. The van der Waals surface area contributed by atoms with E-state index in [2.05, 4.69) is 0 Å². The Morgan fingerprint density at radius 3 is 0.0833 bits per heavy atom. The summed E-state index contributed by atoms with van der Waals surface area (Å²) in [5, 5.41) is 0. The first kappa shape index (κ1) is 34.0. The summed E-state index contributed by atoms with van der Waals surface area (Å²) in [6.07, 6.45) is 54.0. The second kappa shape index (κ2) is 31.2. The molecular weight excluding hydrogens is 432 g/mol. The van der Waals surface area contributed by atoms with Crippen LogP contribution in [0, 0.1) is 0 Å². The molecule has 0 aromatic carbocycles. The van der Waals surface area contributed by atoms with Crippen molar-refractivity contribution in [1.82, 2.24) is 0 Å². The molecule has 0 heteroatoms. The highest BCUT2D eigenvalue weighted by Gasteiger charge is 1.98. The quantitative estimate of drug-likeness (QED) is 0.307. The predicted molar refractivity (Wildman–Crippen MR) is 166 cm³/mol. The lowest BCUT2D eigenvalue weighted by atomic mass is 11.0. The topological polar surface area (TPSA) is 0 Å². The molecule has 0 radical (unpaired) electrons. The molecule has 0 nitrogen and oxygen atoms in total. The summed E-state index contributed by atoms with van der Waals surface area (Å²) < 4.78 is 0. The van der Waals surface area contributed by atoms with E-state index in [4.69, 9.17) is 0 Å². The van der Waals surface area contributed by atoms with Gasteiger partial charge < -0.3 is 0 Å². The van der Waals surface area contributed by atoms with E-state index in [0.717, 1.165) is 0 Å². The number of rotatable bonds is 0. The first-order valence-corrected chi connectivity index (χ1v) is 18.0. The van der Waals surface area contributed by atoms with Crippen LogP contribution in [0.25, 0.3) is 0 Å². The standard InChI is InChI=1S/12C3H6/c12*1-2-3-1/h12*1-3H2. The van der Waals surface area contributed by atoms with E-state index in [1.165, 1.54) is 231 Å². The molecule has 12 aliphatic carbocycles. The largest absolute Gasteiger partial charge is 0.0533 e. The van der Waals surface area contributed by atoms with Crippen LogP contribution < -0.4 is 0 Å². The van der Waals surface area contributed by atoms with Crippen LogP contribution >= 0.6 is 0 Å². The number of hydrogen-bond acceptors (Lipinski definition) is 0. The van der Waals surface area contributed by atoms with E-state index in [1.54, 1.807) is 0 Å². The van der Waals surface area contributed by atoms with Crippen LogP contribution in [0.15, 0.2) is 0 Å². The Bertz CT molecular complexity index is 186. The maximum absolute atomic E-state index is 1.50. The SMILES string of the molecule is C1CC1.C1CC1.C1CC1.C1CC1.C1CC1.C1CC1.C1CC1.C1CC1.C1CC1.C1CC1.C1CC1.C1CC1. The molecule has 0 aromatic heterocycles. The molecule has 0 unspecified atom stereocenters. The Labute approximate surface area is 231 Å². The van der Waals surface area contributed by atoms with Crippen molar-refractivity contribution < 1.29 is 0 Å². The molecule has 12 fully saturated rings. The van der Waals surface area contributed by atoms with Gasteiger partial charge in [-0.25, -0.2) is 0 Å². The van der Waals surface area contributed by atoms with Gasteiger partial charge in [-0.15, -0.1) is 0 Å². The minimum absolute atomic E-state index is 1.50. The van der Waals surface area contributed by atoms with E-state index in [-0.39, 0.29) is 0 Å². The first-order chi connectivity index (χ1) is 18.0. The van der Waals surface area contributed by atoms with Gasteiger partial charge in [0.25, 0.3) is 0 Å². The van der Waals surface area contributed by atoms with Gasteiger partial charge in [-0.1, -0.05) is 231 Å². The van der Waals surface area contributed by atoms with Gasteiger partial charge >= 0.3 is 0 Å². The maximum Gasteiger partial charge on any atom is -0.0533 e. The summed E-state index contributed by atoms with van der Waals surface area (Å²) >= 11 is 0. The highest BCUT2D eigenvalue weighted by Crippen LogP contribution is 2.18. The van der Waals surface area contributed by atoms with E-state index in [0.29, 0.717) is 0 Å². The molecule has 12 aliphatic rings. The van der Waals surface area contributed by atoms with Crippen LogP contribution in [-0.2, 0) is 0 Å². The first-order valence-electron chi connectivity index (χ1n) is 18.0. The smallest absolute Gasteiger partial charge is 0.0533 e. The Kier molecular flexibility index (Phi) is 29.5. The normalized spacial score (nSPS) is 24.0. The summed E-state index contributed by atoms with van der Waals surface area (Å²) in [5.74, 6) is 0. The summed E-state index contributed by atoms with van der Waals surface area (Å²) in [5.41, 5.74) is 0. The third-order valence-electron chi connectivity index (χ3n) is 4.24. The molecule has 36 heavy (non-hydrogen) atoms. The maximum atomic E-state index is 1.50. The molecule has 0 heterocycles. The molecule has 216 valence electrons. The van der Waals surface area contributed by atoms with E-state index < -0.39 is 0 Å². The van der Waals surface area contributed by atoms with Gasteiger partial charge in [-0.2, -0.15) is 0 Å². The van der Waals surface area contributed by atoms with Crippen molar-refractivity contribution in [2.24, 2.45) is 0 Å². The average molecular weight is 505 g/mol. The van der Waals surface area contributed by atoms with Crippen molar-refractivity contribution in [3.8, 4) is 0 Å². The van der Waals surface area contributed by atoms with E-state index in [1.807, 2.05) is 0 Å². The molecule has 0 amide bonds. The Morgan fingerprint density at radius 1 is 0.0556 bits per heavy atom. The van der Waals surface area contributed by atoms with Crippen LogP contribution in [0.3, 0.4) is 0 Å². The molecular formula is C36H72. The summed E-state index contributed by atoms with van der Waals surface area (Å²) in [6.45, 7) is 0. The number of hydrogen-bond donors (Lipinski definition) is 0. The van der Waals surface area contributed by atoms with Gasteiger partial charge in [0.15, 0.2) is 0 Å². The fourth-order valence-corrected chi connectivity index (χ4v) is 0.